The van der Waals surface area contributed by atoms with Gasteiger partial charge in [-0.3, -0.25) is 4.79 Å². The summed E-state index contributed by atoms with van der Waals surface area (Å²) in [7, 11) is 0. The Bertz CT molecular complexity index is 899. The van der Waals surface area contributed by atoms with Crippen LogP contribution in [0.5, 0.6) is 0 Å². The molecule has 3 rings (SSSR count). The van der Waals surface area contributed by atoms with Crippen molar-refractivity contribution in [3.8, 4) is 11.8 Å². The molecule has 1 heterocycles. The van der Waals surface area contributed by atoms with E-state index in [2.05, 4.69) is 15.4 Å². The second-order valence-electron chi connectivity index (χ2n) is 5.25. The van der Waals surface area contributed by atoms with Crippen LogP contribution in [-0.2, 0) is 4.79 Å². The minimum atomic E-state index is -0.359. The maximum absolute atomic E-state index is 12.3. The zero-order valence-electron chi connectivity index (χ0n) is 13.5. The van der Waals surface area contributed by atoms with Gasteiger partial charge in [0.2, 0.25) is 11.1 Å². The van der Waals surface area contributed by atoms with Gasteiger partial charge >= 0.3 is 0 Å². The Morgan fingerprint density at radius 2 is 1.92 bits per heavy atom. The number of nitrogens with one attached hydrogen (secondary N) is 1. The molecular formula is C18H15N5OS. The number of carbonyl (C=O) groups excluding carboxylic acids is 1. The van der Waals surface area contributed by atoms with Crippen LogP contribution in [0.25, 0.3) is 5.69 Å². The summed E-state index contributed by atoms with van der Waals surface area (Å²) in [5.41, 5.74) is 2.12. The number of nitrogens with zero attached hydrogens (tertiary/aromatic N) is 4. The molecule has 0 aliphatic rings. The van der Waals surface area contributed by atoms with Crippen molar-refractivity contribution in [3.63, 3.8) is 0 Å². The van der Waals surface area contributed by atoms with E-state index >= 15 is 0 Å². The summed E-state index contributed by atoms with van der Waals surface area (Å²) in [6.45, 7) is 1.80. The molecule has 6 nitrogen and oxygen atoms in total. The summed E-state index contributed by atoms with van der Waals surface area (Å²) in [4.78, 5) is 16.5. The number of para-hydroxylation sites is 1. The molecular weight excluding hydrogens is 334 g/mol. The van der Waals surface area contributed by atoms with Crippen molar-refractivity contribution in [3.05, 3.63) is 66.5 Å². The monoisotopic (exact) mass is 349 g/mol. The smallest absolute Gasteiger partial charge is 0.237 e. The first-order valence-electron chi connectivity index (χ1n) is 7.60. The van der Waals surface area contributed by atoms with Crippen molar-refractivity contribution in [2.75, 3.05) is 5.32 Å². The standard InChI is InChI=1S/C18H15N5OS/c1-13(17(24)21-15-9-7-14(11-19)8-10-15)25-18-20-12-23(22-18)16-5-3-2-4-6-16/h2-10,12-13H,1H3,(H,21,24)/t13-/m1/s1. The van der Waals surface area contributed by atoms with Gasteiger partial charge in [-0.25, -0.2) is 9.67 Å². The summed E-state index contributed by atoms with van der Waals surface area (Å²) < 4.78 is 1.67. The van der Waals surface area contributed by atoms with E-state index < -0.39 is 0 Å². The van der Waals surface area contributed by atoms with Crippen LogP contribution in [0.4, 0.5) is 5.69 Å². The van der Waals surface area contributed by atoms with Crippen LogP contribution in [0, 0.1) is 11.3 Å². The van der Waals surface area contributed by atoms with E-state index in [1.54, 1.807) is 42.2 Å². The number of carbonyl (C=O) groups is 1. The number of benzene rings is 2. The molecule has 1 amide bonds. The van der Waals surface area contributed by atoms with E-state index in [9.17, 15) is 4.79 Å². The summed E-state index contributed by atoms with van der Waals surface area (Å²) in [6.07, 6.45) is 1.63. The van der Waals surface area contributed by atoms with E-state index in [1.807, 2.05) is 36.4 Å². The molecule has 1 N–H and O–H groups in total. The Labute approximate surface area is 149 Å². The summed E-state index contributed by atoms with van der Waals surface area (Å²) in [5, 5.41) is 16.2. The number of amides is 1. The molecule has 25 heavy (non-hydrogen) atoms. The third kappa shape index (κ3) is 4.25. The van der Waals surface area contributed by atoms with Crippen molar-refractivity contribution < 1.29 is 4.79 Å². The van der Waals surface area contributed by atoms with Gasteiger partial charge in [-0.05, 0) is 43.3 Å². The highest BCUT2D eigenvalue weighted by Crippen LogP contribution is 2.21. The van der Waals surface area contributed by atoms with Gasteiger partial charge in [0.1, 0.15) is 6.33 Å². The first-order valence-corrected chi connectivity index (χ1v) is 8.48. The van der Waals surface area contributed by atoms with Gasteiger partial charge in [0.25, 0.3) is 0 Å². The number of nitriles is 1. The van der Waals surface area contributed by atoms with Crippen LogP contribution in [-0.4, -0.2) is 25.9 Å². The van der Waals surface area contributed by atoms with E-state index in [0.29, 0.717) is 16.4 Å². The maximum Gasteiger partial charge on any atom is 0.237 e. The molecule has 0 fully saturated rings. The molecule has 0 aliphatic heterocycles. The van der Waals surface area contributed by atoms with Crippen LogP contribution >= 0.6 is 11.8 Å². The molecule has 0 saturated carbocycles. The Balaban J connectivity index is 1.61. The van der Waals surface area contributed by atoms with E-state index in [1.165, 1.54) is 11.8 Å². The van der Waals surface area contributed by atoms with Gasteiger partial charge in [0.05, 0.1) is 22.6 Å². The fraction of sp³-hybridized carbons (Fsp3) is 0.111. The van der Waals surface area contributed by atoms with Crippen molar-refractivity contribution >= 4 is 23.4 Å². The van der Waals surface area contributed by atoms with E-state index in [0.717, 1.165) is 5.69 Å². The molecule has 0 saturated heterocycles. The molecule has 0 aliphatic carbocycles. The van der Waals surface area contributed by atoms with Gasteiger partial charge in [0.15, 0.2) is 0 Å². The summed E-state index contributed by atoms with van der Waals surface area (Å²) >= 11 is 1.29. The van der Waals surface area contributed by atoms with Crippen molar-refractivity contribution in [1.29, 1.82) is 5.26 Å². The lowest BCUT2D eigenvalue weighted by molar-refractivity contribution is -0.115. The SMILES string of the molecule is C[C@@H](Sc1ncn(-c2ccccc2)n1)C(=O)Nc1ccc(C#N)cc1. The van der Waals surface area contributed by atoms with Gasteiger partial charge in [0, 0.05) is 5.69 Å². The second kappa shape index (κ2) is 7.64. The lowest BCUT2D eigenvalue weighted by atomic mass is 10.2. The number of hydrogen-bond donors (Lipinski definition) is 1. The van der Waals surface area contributed by atoms with Crippen molar-refractivity contribution in [2.45, 2.75) is 17.3 Å². The normalized spacial score (nSPS) is 11.5. The number of anilines is 1. The zero-order valence-corrected chi connectivity index (χ0v) is 14.3. The van der Waals surface area contributed by atoms with Crippen LogP contribution in [0.2, 0.25) is 0 Å². The molecule has 124 valence electrons. The van der Waals surface area contributed by atoms with E-state index in [-0.39, 0.29) is 11.2 Å². The largest absolute Gasteiger partial charge is 0.325 e. The molecule has 0 radical (unpaired) electrons. The summed E-state index contributed by atoms with van der Waals surface area (Å²) in [5.74, 6) is -0.147. The Morgan fingerprint density at radius 1 is 1.20 bits per heavy atom. The van der Waals surface area contributed by atoms with Crippen LogP contribution < -0.4 is 5.32 Å². The molecule has 7 heteroatoms. The minimum Gasteiger partial charge on any atom is -0.325 e. The predicted molar refractivity (Wildman–Crippen MR) is 96.5 cm³/mol. The van der Waals surface area contributed by atoms with Crippen molar-refractivity contribution in [2.24, 2.45) is 0 Å². The van der Waals surface area contributed by atoms with Gasteiger partial charge in [-0.1, -0.05) is 30.0 Å². The van der Waals surface area contributed by atoms with Crippen molar-refractivity contribution in [1.82, 2.24) is 14.8 Å². The highest BCUT2D eigenvalue weighted by molar-refractivity contribution is 8.00. The molecule has 0 spiro atoms. The van der Waals surface area contributed by atoms with Gasteiger partial charge < -0.3 is 5.32 Å². The zero-order chi connectivity index (χ0) is 17.6. The average Bonchev–Trinajstić information content (AvgIpc) is 3.11. The lowest BCUT2D eigenvalue weighted by Crippen LogP contribution is -2.22. The van der Waals surface area contributed by atoms with Crippen LogP contribution in [0.15, 0.2) is 66.1 Å². The molecule has 3 aromatic rings. The Hall–Kier alpha value is -3.11. The molecule has 1 aromatic heterocycles. The molecule has 1 atom stereocenters. The average molecular weight is 349 g/mol. The van der Waals surface area contributed by atoms with Crippen LogP contribution in [0.1, 0.15) is 12.5 Å². The topological polar surface area (TPSA) is 83.6 Å². The number of rotatable bonds is 5. The highest BCUT2D eigenvalue weighted by atomic mass is 32.2. The first-order chi connectivity index (χ1) is 12.2. The lowest BCUT2D eigenvalue weighted by Gasteiger charge is -2.10. The Kier molecular flexibility index (Phi) is 5.11. The Morgan fingerprint density at radius 3 is 2.60 bits per heavy atom. The highest BCUT2D eigenvalue weighted by Gasteiger charge is 2.17. The molecule has 0 bridgehead atoms. The second-order valence-corrected chi connectivity index (χ2v) is 6.55. The minimum absolute atomic E-state index is 0.147. The molecule has 2 aromatic carbocycles. The third-order valence-corrected chi connectivity index (χ3v) is 4.39. The quantitative estimate of drug-likeness (QED) is 0.715. The first kappa shape index (κ1) is 16.7. The van der Waals surface area contributed by atoms with E-state index in [4.69, 9.17) is 5.26 Å². The number of hydrogen-bond acceptors (Lipinski definition) is 5. The molecule has 0 unspecified atom stereocenters. The summed E-state index contributed by atoms with van der Waals surface area (Å²) in [6, 6.07) is 18.4. The van der Waals surface area contributed by atoms with Gasteiger partial charge in [-0.15, -0.1) is 5.10 Å². The fourth-order valence-electron chi connectivity index (χ4n) is 2.09. The predicted octanol–water partition coefficient (Wildman–Crippen LogP) is 3.26. The maximum atomic E-state index is 12.3. The third-order valence-electron chi connectivity index (χ3n) is 3.42. The van der Waals surface area contributed by atoms with Gasteiger partial charge in [-0.2, -0.15) is 5.26 Å². The number of thioether (sulfide) groups is 1. The fourth-order valence-corrected chi connectivity index (χ4v) is 2.82. The number of aromatic nitrogens is 3. The van der Waals surface area contributed by atoms with Crippen LogP contribution in [0.3, 0.4) is 0 Å².